The molecule has 0 saturated heterocycles. The summed E-state index contributed by atoms with van der Waals surface area (Å²) in [7, 11) is 0. The normalized spacial score (nSPS) is 12.4. The summed E-state index contributed by atoms with van der Waals surface area (Å²) in [6.45, 7) is 3.65. The minimum atomic E-state index is -0.948. The van der Waals surface area contributed by atoms with Gasteiger partial charge in [-0.1, -0.05) is 73.7 Å². The van der Waals surface area contributed by atoms with E-state index in [-0.39, 0.29) is 48.1 Å². The van der Waals surface area contributed by atoms with Crippen molar-refractivity contribution in [3.8, 4) is 0 Å². The minimum Gasteiger partial charge on any atom is -0.352 e. The van der Waals surface area contributed by atoms with Gasteiger partial charge in [0.1, 0.15) is 11.9 Å². The Labute approximate surface area is 210 Å². The summed E-state index contributed by atoms with van der Waals surface area (Å²) in [5.41, 5.74) is 1.13. The number of halogens is 1. The molecule has 3 rings (SSSR count). The molecule has 1 N–H and O–H groups in total. The van der Waals surface area contributed by atoms with Crippen molar-refractivity contribution in [2.24, 2.45) is 0 Å². The van der Waals surface area contributed by atoms with Crippen molar-refractivity contribution in [2.75, 3.05) is 0 Å². The number of amides is 2. The molecule has 7 nitrogen and oxygen atoms in total. The molecule has 0 heterocycles. The average molecular weight is 492 g/mol. The molecule has 0 bridgehead atoms. The first-order chi connectivity index (χ1) is 17.3. The summed E-state index contributed by atoms with van der Waals surface area (Å²) in [4.78, 5) is 39.5. The third-order valence-corrected chi connectivity index (χ3v) is 6.10. The number of hydrogen-bond donors (Lipinski definition) is 1. The molecule has 0 fully saturated rings. The lowest BCUT2D eigenvalue weighted by molar-refractivity contribution is -0.385. The van der Waals surface area contributed by atoms with E-state index in [1.54, 1.807) is 24.3 Å². The van der Waals surface area contributed by atoms with E-state index in [9.17, 15) is 24.1 Å². The zero-order chi connectivity index (χ0) is 26.1. The summed E-state index contributed by atoms with van der Waals surface area (Å²) < 4.78 is 14.6. The Morgan fingerprint density at radius 1 is 0.972 bits per heavy atom. The van der Waals surface area contributed by atoms with E-state index in [0.717, 1.165) is 5.56 Å². The van der Waals surface area contributed by atoms with Crippen LogP contribution in [0.25, 0.3) is 0 Å². The molecular formula is C28H30FN3O4. The number of benzene rings is 3. The van der Waals surface area contributed by atoms with E-state index in [0.29, 0.717) is 6.42 Å². The Bertz CT molecular complexity index is 1200. The van der Waals surface area contributed by atoms with E-state index in [1.807, 2.05) is 44.2 Å². The fourth-order valence-electron chi connectivity index (χ4n) is 3.91. The highest BCUT2D eigenvalue weighted by Gasteiger charge is 2.32. The van der Waals surface area contributed by atoms with Crippen LogP contribution in [-0.2, 0) is 29.0 Å². The van der Waals surface area contributed by atoms with Gasteiger partial charge in [0.15, 0.2) is 0 Å². The maximum Gasteiger partial charge on any atom is 0.273 e. The van der Waals surface area contributed by atoms with Crippen LogP contribution in [0.4, 0.5) is 10.1 Å². The van der Waals surface area contributed by atoms with Crippen LogP contribution in [0.15, 0.2) is 78.9 Å². The molecule has 0 unspecified atom stereocenters. The second-order valence-corrected chi connectivity index (χ2v) is 8.70. The lowest BCUT2D eigenvalue weighted by Gasteiger charge is -2.32. The van der Waals surface area contributed by atoms with E-state index < -0.39 is 22.7 Å². The Balaban J connectivity index is 2.03. The fraction of sp³-hybridized carbons (Fsp3) is 0.286. The lowest BCUT2D eigenvalue weighted by Crippen LogP contribution is -2.52. The van der Waals surface area contributed by atoms with Gasteiger partial charge in [-0.2, -0.15) is 0 Å². The smallest absolute Gasteiger partial charge is 0.273 e. The highest BCUT2D eigenvalue weighted by Crippen LogP contribution is 2.22. The first-order valence-corrected chi connectivity index (χ1v) is 11.9. The molecule has 2 atom stereocenters. The summed E-state index contributed by atoms with van der Waals surface area (Å²) >= 11 is 0. The second-order valence-electron chi connectivity index (χ2n) is 8.70. The van der Waals surface area contributed by atoms with Gasteiger partial charge in [0.05, 0.1) is 11.3 Å². The predicted octanol–water partition coefficient (Wildman–Crippen LogP) is 4.83. The van der Waals surface area contributed by atoms with Gasteiger partial charge in [0.25, 0.3) is 5.69 Å². The Hall–Kier alpha value is -4.07. The summed E-state index contributed by atoms with van der Waals surface area (Å²) in [5.74, 6) is -1.37. The zero-order valence-corrected chi connectivity index (χ0v) is 20.4. The molecule has 0 aliphatic rings. The van der Waals surface area contributed by atoms with Crippen molar-refractivity contribution in [2.45, 2.75) is 51.7 Å². The van der Waals surface area contributed by atoms with Crippen LogP contribution in [0.3, 0.4) is 0 Å². The number of carbonyl (C=O) groups is 2. The number of nitrogens with one attached hydrogen (secondary N) is 1. The largest absolute Gasteiger partial charge is 0.352 e. The third-order valence-electron chi connectivity index (χ3n) is 6.10. The van der Waals surface area contributed by atoms with E-state index in [2.05, 4.69) is 5.32 Å². The molecular weight excluding hydrogens is 461 g/mol. The Morgan fingerprint density at radius 2 is 1.58 bits per heavy atom. The number of rotatable bonds is 11. The van der Waals surface area contributed by atoms with Crippen molar-refractivity contribution in [3.05, 3.63) is 111 Å². The fourth-order valence-corrected chi connectivity index (χ4v) is 3.91. The van der Waals surface area contributed by atoms with Gasteiger partial charge < -0.3 is 10.2 Å². The first kappa shape index (κ1) is 26.5. The molecule has 188 valence electrons. The molecule has 0 radical (unpaired) electrons. The molecule has 8 heteroatoms. The van der Waals surface area contributed by atoms with Crippen LogP contribution in [0, 0.1) is 15.9 Å². The van der Waals surface area contributed by atoms with Gasteiger partial charge in [-0.05, 0) is 25.0 Å². The molecule has 2 amide bonds. The molecule has 0 saturated carbocycles. The number of nitrogens with zero attached hydrogens (tertiary/aromatic N) is 2. The SMILES string of the molecule is CC[C@H](C)NC(=O)[C@H](Cc1ccccc1)N(Cc1ccccc1F)C(=O)Cc1ccccc1[N+](=O)[O-]. The summed E-state index contributed by atoms with van der Waals surface area (Å²) in [6, 6.07) is 20.3. The van der Waals surface area contributed by atoms with Gasteiger partial charge in [-0.25, -0.2) is 4.39 Å². The second kappa shape index (κ2) is 12.6. The number of para-hydroxylation sites is 1. The Kier molecular flexibility index (Phi) is 9.27. The zero-order valence-electron chi connectivity index (χ0n) is 20.4. The van der Waals surface area contributed by atoms with E-state index in [1.165, 1.54) is 29.2 Å². The molecule has 36 heavy (non-hydrogen) atoms. The maximum atomic E-state index is 14.6. The van der Waals surface area contributed by atoms with Crippen LogP contribution in [-0.4, -0.2) is 33.7 Å². The molecule has 3 aromatic rings. The topological polar surface area (TPSA) is 92.6 Å². The van der Waals surface area contributed by atoms with Crippen LogP contribution in [0.5, 0.6) is 0 Å². The van der Waals surface area contributed by atoms with Crippen molar-refractivity contribution < 1.29 is 18.9 Å². The van der Waals surface area contributed by atoms with Gasteiger partial charge in [-0.3, -0.25) is 19.7 Å². The third kappa shape index (κ3) is 6.97. The molecule has 0 aliphatic heterocycles. The maximum absolute atomic E-state index is 14.6. The number of carbonyl (C=O) groups excluding carboxylic acids is 2. The van der Waals surface area contributed by atoms with Gasteiger partial charge in [0, 0.05) is 36.2 Å². The van der Waals surface area contributed by atoms with Crippen molar-refractivity contribution in [3.63, 3.8) is 0 Å². The number of nitro groups is 1. The van der Waals surface area contributed by atoms with Crippen LogP contribution >= 0.6 is 0 Å². The molecule has 0 spiro atoms. The molecule has 0 aromatic heterocycles. The Morgan fingerprint density at radius 3 is 2.22 bits per heavy atom. The molecule has 0 aliphatic carbocycles. The minimum absolute atomic E-state index is 0.128. The van der Waals surface area contributed by atoms with Crippen LogP contribution in [0.1, 0.15) is 37.0 Å². The average Bonchev–Trinajstić information content (AvgIpc) is 2.87. The number of hydrogen-bond acceptors (Lipinski definition) is 4. The molecule has 3 aromatic carbocycles. The van der Waals surface area contributed by atoms with Crippen LogP contribution < -0.4 is 5.32 Å². The van der Waals surface area contributed by atoms with Crippen LogP contribution in [0.2, 0.25) is 0 Å². The van der Waals surface area contributed by atoms with Gasteiger partial charge in [-0.15, -0.1) is 0 Å². The van der Waals surface area contributed by atoms with Crippen molar-refractivity contribution in [1.82, 2.24) is 10.2 Å². The quantitative estimate of drug-likeness (QED) is 0.307. The predicted molar refractivity (Wildman–Crippen MR) is 136 cm³/mol. The van der Waals surface area contributed by atoms with Crippen molar-refractivity contribution >= 4 is 17.5 Å². The highest BCUT2D eigenvalue weighted by molar-refractivity contribution is 5.89. The van der Waals surface area contributed by atoms with Gasteiger partial charge >= 0.3 is 0 Å². The van der Waals surface area contributed by atoms with E-state index in [4.69, 9.17) is 0 Å². The number of nitro benzene ring substituents is 1. The van der Waals surface area contributed by atoms with Crippen molar-refractivity contribution in [1.29, 1.82) is 0 Å². The first-order valence-electron chi connectivity index (χ1n) is 11.9. The highest BCUT2D eigenvalue weighted by atomic mass is 19.1. The summed E-state index contributed by atoms with van der Waals surface area (Å²) in [5, 5.41) is 14.5. The lowest BCUT2D eigenvalue weighted by atomic mass is 10.0. The van der Waals surface area contributed by atoms with E-state index >= 15 is 0 Å². The van der Waals surface area contributed by atoms with Gasteiger partial charge in [0.2, 0.25) is 11.8 Å². The summed E-state index contributed by atoms with van der Waals surface area (Å²) in [6.07, 6.45) is 0.606. The standard InChI is InChI=1S/C28H30FN3O4/c1-3-20(2)30-28(34)26(17-21-11-5-4-6-12-21)31(19-23-14-7-9-15-24(23)29)27(33)18-22-13-8-10-16-25(22)32(35)36/h4-16,20,26H,3,17-19H2,1-2H3,(H,30,34)/t20-,26-/m0/s1. The monoisotopic (exact) mass is 491 g/mol.